The van der Waals surface area contributed by atoms with E-state index in [1.807, 2.05) is 85.8 Å². The third-order valence-corrected chi connectivity index (χ3v) is 7.82. The number of rotatable bonds is 8. The zero-order valence-electron chi connectivity index (χ0n) is 22.0. The van der Waals surface area contributed by atoms with E-state index in [1.54, 1.807) is 6.08 Å². The van der Waals surface area contributed by atoms with E-state index >= 15 is 0 Å². The minimum atomic E-state index is -0.294. The number of nitrogens with zero attached hydrogens (tertiary/aromatic N) is 1. The monoisotopic (exact) mass is 545 g/mol. The summed E-state index contributed by atoms with van der Waals surface area (Å²) in [7, 11) is 0. The zero-order valence-corrected chi connectivity index (χ0v) is 22.8. The van der Waals surface area contributed by atoms with E-state index in [-0.39, 0.29) is 17.7 Å². The lowest BCUT2D eigenvalue weighted by atomic mass is 10.0. The highest BCUT2D eigenvalue weighted by Gasteiger charge is 2.35. The molecule has 0 bridgehead atoms. The first-order chi connectivity index (χ1) is 19.6. The van der Waals surface area contributed by atoms with Crippen LogP contribution in [0.3, 0.4) is 0 Å². The van der Waals surface area contributed by atoms with Crippen molar-refractivity contribution in [3.63, 3.8) is 0 Å². The van der Waals surface area contributed by atoms with E-state index in [1.165, 1.54) is 10.3 Å². The number of hydrogen-bond acceptors (Lipinski definition) is 5. The predicted octanol–water partition coefficient (Wildman–Crippen LogP) is 8.21. The van der Waals surface area contributed by atoms with E-state index in [2.05, 4.69) is 24.3 Å². The Balaban J connectivity index is 1.22. The number of ether oxygens (including phenoxy) is 2. The maximum atomic E-state index is 13.3. The Bertz CT molecular complexity index is 1770. The van der Waals surface area contributed by atoms with Crippen LogP contribution >= 0.6 is 11.8 Å². The molecule has 2 amide bonds. The molecule has 6 rings (SSSR count). The lowest BCUT2D eigenvalue weighted by molar-refractivity contribution is -0.123. The fraction of sp³-hybridized carbons (Fsp3) is 0.118. The predicted molar refractivity (Wildman–Crippen MR) is 161 cm³/mol. The highest BCUT2D eigenvalue weighted by atomic mass is 32.2. The molecule has 1 aliphatic rings. The minimum Gasteiger partial charge on any atom is -0.490 e. The van der Waals surface area contributed by atoms with E-state index in [0.717, 1.165) is 44.6 Å². The molecule has 0 unspecified atom stereocenters. The number of thioether (sulfide) groups is 1. The van der Waals surface area contributed by atoms with E-state index in [0.29, 0.717) is 29.6 Å². The van der Waals surface area contributed by atoms with Gasteiger partial charge in [0.1, 0.15) is 6.61 Å². The Morgan fingerprint density at radius 3 is 2.10 bits per heavy atom. The molecule has 0 radical (unpaired) electrons. The summed E-state index contributed by atoms with van der Waals surface area (Å²) >= 11 is 0.960. The molecule has 1 aliphatic heterocycles. The molecule has 0 aliphatic carbocycles. The van der Waals surface area contributed by atoms with Crippen molar-refractivity contribution < 1.29 is 19.1 Å². The lowest BCUT2D eigenvalue weighted by Gasteiger charge is -2.14. The Kier molecular flexibility index (Phi) is 7.25. The molecule has 0 N–H and O–H groups in total. The number of benzene rings is 5. The molecule has 0 saturated carbocycles. The van der Waals surface area contributed by atoms with Gasteiger partial charge in [-0.05, 0) is 75.1 Å². The van der Waals surface area contributed by atoms with Crippen molar-refractivity contribution in [2.45, 2.75) is 20.1 Å². The summed E-state index contributed by atoms with van der Waals surface area (Å²) in [6.45, 7) is 3.01. The van der Waals surface area contributed by atoms with Crippen molar-refractivity contribution in [1.29, 1.82) is 0 Å². The summed E-state index contributed by atoms with van der Waals surface area (Å²) < 4.78 is 12.1. The topological polar surface area (TPSA) is 55.8 Å². The van der Waals surface area contributed by atoms with Gasteiger partial charge in [0.15, 0.2) is 11.5 Å². The maximum Gasteiger partial charge on any atom is 0.293 e. The Hall–Kier alpha value is -4.55. The van der Waals surface area contributed by atoms with Gasteiger partial charge < -0.3 is 9.47 Å². The van der Waals surface area contributed by atoms with Gasteiger partial charge in [0.25, 0.3) is 11.1 Å². The van der Waals surface area contributed by atoms with Crippen molar-refractivity contribution in [3.05, 3.63) is 125 Å². The summed E-state index contributed by atoms with van der Waals surface area (Å²) in [5.74, 6) is 0.916. The largest absolute Gasteiger partial charge is 0.490 e. The van der Waals surface area contributed by atoms with Crippen LogP contribution in [-0.4, -0.2) is 22.7 Å². The first kappa shape index (κ1) is 25.7. The second-order valence-corrected chi connectivity index (χ2v) is 10.5. The van der Waals surface area contributed by atoms with Gasteiger partial charge in [0.2, 0.25) is 0 Å². The van der Waals surface area contributed by atoms with Gasteiger partial charge in [-0.3, -0.25) is 14.5 Å². The number of imide groups is 1. The van der Waals surface area contributed by atoms with Gasteiger partial charge >= 0.3 is 0 Å². The molecule has 5 nitrogen and oxygen atoms in total. The fourth-order valence-corrected chi connectivity index (χ4v) is 5.80. The smallest absolute Gasteiger partial charge is 0.293 e. The molecule has 40 heavy (non-hydrogen) atoms. The summed E-state index contributed by atoms with van der Waals surface area (Å²) in [6, 6.07) is 33.9. The van der Waals surface area contributed by atoms with Crippen molar-refractivity contribution in [1.82, 2.24) is 4.90 Å². The molecule has 5 aromatic rings. The quantitative estimate of drug-likeness (QED) is 0.184. The van der Waals surface area contributed by atoms with Crippen LogP contribution in [0.15, 0.2) is 108 Å². The number of carbonyl (C=O) groups is 2. The van der Waals surface area contributed by atoms with Crippen LogP contribution in [0, 0.1) is 0 Å². The molecule has 0 spiro atoms. The second kappa shape index (κ2) is 11.3. The van der Waals surface area contributed by atoms with Crippen molar-refractivity contribution in [2.24, 2.45) is 0 Å². The summed E-state index contributed by atoms with van der Waals surface area (Å²) in [5.41, 5.74) is 2.79. The molecule has 5 aromatic carbocycles. The maximum absolute atomic E-state index is 13.3. The van der Waals surface area contributed by atoms with Crippen molar-refractivity contribution in [3.8, 4) is 11.5 Å². The van der Waals surface area contributed by atoms with Gasteiger partial charge in [0.05, 0.1) is 18.1 Å². The van der Waals surface area contributed by atoms with Crippen LogP contribution in [0.1, 0.15) is 23.6 Å². The molecule has 1 heterocycles. The second-order valence-electron chi connectivity index (χ2n) is 9.47. The molecule has 0 atom stereocenters. The lowest BCUT2D eigenvalue weighted by Crippen LogP contribution is -2.27. The first-order valence-electron chi connectivity index (χ1n) is 13.2. The van der Waals surface area contributed by atoms with Crippen LogP contribution in [0.2, 0.25) is 0 Å². The van der Waals surface area contributed by atoms with Crippen LogP contribution in [0.5, 0.6) is 11.5 Å². The summed E-state index contributed by atoms with van der Waals surface area (Å²) in [6.07, 6.45) is 1.74. The number of fused-ring (bicyclic) bond motifs is 2. The van der Waals surface area contributed by atoms with Crippen LogP contribution < -0.4 is 9.47 Å². The van der Waals surface area contributed by atoms with Crippen LogP contribution in [0.4, 0.5) is 4.79 Å². The Morgan fingerprint density at radius 1 is 0.725 bits per heavy atom. The van der Waals surface area contributed by atoms with E-state index in [4.69, 9.17) is 9.47 Å². The van der Waals surface area contributed by atoms with Crippen LogP contribution in [0.25, 0.3) is 27.6 Å². The molecule has 1 fully saturated rings. The standard InChI is InChI=1S/C34H27NO4S/c1-2-38-31-19-23(17-18-30(31)39-22-27-14-8-12-25-10-4-6-16-29(25)27)20-32-33(36)35(34(37)40-32)21-26-13-7-11-24-9-3-5-15-28(24)26/h3-20H,2,21-22H2,1H3/b32-20-. The molecule has 198 valence electrons. The summed E-state index contributed by atoms with van der Waals surface area (Å²) in [4.78, 5) is 27.8. The van der Waals surface area contributed by atoms with Gasteiger partial charge in [0, 0.05) is 0 Å². The highest BCUT2D eigenvalue weighted by molar-refractivity contribution is 8.18. The third kappa shape index (κ3) is 5.18. The SMILES string of the molecule is CCOc1cc(/C=C2\SC(=O)N(Cc3cccc4ccccc34)C2=O)ccc1OCc1cccc2ccccc12. The van der Waals surface area contributed by atoms with Gasteiger partial charge in [-0.15, -0.1) is 0 Å². The minimum absolute atomic E-state index is 0.231. The Morgan fingerprint density at radius 2 is 1.38 bits per heavy atom. The molecule has 6 heteroatoms. The number of amides is 2. The van der Waals surface area contributed by atoms with E-state index in [9.17, 15) is 9.59 Å². The van der Waals surface area contributed by atoms with Crippen molar-refractivity contribution >= 4 is 50.5 Å². The summed E-state index contributed by atoms with van der Waals surface area (Å²) in [5, 5.41) is 4.16. The van der Waals surface area contributed by atoms with Crippen molar-refractivity contribution in [2.75, 3.05) is 6.61 Å². The van der Waals surface area contributed by atoms with Crippen LogP contribution in [-0.2, 0) is 17.9 Å². The molecular formula is C34H27NO4S. The molecule has 1 saturated heterocycles. The molecular weight excluding hydrogens is 518 g/mol. The first-order valence-corrected chi connectivity index (χ1v) is 14.0. The Labute approximate surface area is 237 Å². The van der Waals surface area contributed by atoms with Gasteiger partial charge in [-0.25, -0.2) is 0 Å². The van der Waals surface area contributed by atoms with Gasteiger partial charge in [-0.1, -0.05) is 91.0 Å². The normalized spacial score (nSPS) is 14.4. The average Bonchev–Trinajstić information content (AvgIpc) is 3.24. The third-order valence-electron chi connectivity index (χ3n) is 6.91. The average molecular weight is 546 g/mol. The fourth-order valence-electron chi connectivity index (χ4n) is 4.96. The molecule has 0 aromatic heterocycles. The zero-order chi connectivity index (χ0) is 27.5. The van der Waals surface area contributed by atoms with E-state index < -0.39 is 0 Å². The number of hydrogen-bond donors (Lipinski definition) is 0. The number of carbonyl (C=O) groups excluding carboxylic acids is 2. The van der Waals surface area contributed by atoms with Gasteiger partial charge in [-0.2, -0.15) is 0 Å². The highest BCUT2D eigenvalue weighted by Crippen LogP contribution is 2.36.